The second-order valence-electron chi connectivity index (χ2n) is 7.34. The first-order valence-electron chi connectivity index (χ1n) is 8.67. The summed E-state index contributed by atoms with van der Waals surface area (Å²) in [5.41, 5.74) is 4.32. The Morgan fingerprint density at radius 2 is 1.35 bits per heavy atom. The number of ether oxygens (including phenoxy) is 1. The van der Waals surface area contributed by atoms with Gasteiger partial charge in [0, 0.05) is 6.42 Å². The molecule has 2 nitrogen and oxygen atoms in total. The molecule has 0 fully saturated rings. The van der Waals surface area contributed by atoms with Crippen LogP contribution in [0, 0.1) is 0 Å². The molecule has 0 saturated heterocycles. The van der Waals surface area contributed by atoms with E-state index >= 15 is 0 Å². The molecule has 3 heteroatoms. The van der Waals surface area contributed by atoms with E-state index in [1.165, 1.54) is 11.1 Å². The zero-order chi connectivity index (χ0) is 17.6. The molecule has 0 aliphatic rings. The van der Waals surface area contributed by atoms with Crippen LogP contribution in [0.2, 0.25) is 16.6 Å². The van der Waals surface area contributed by atoms with Gasteiger partial charge in [-0.3, -0.25) is 0 Å². The Balaban J connectivity index is 2.80. The Bertz CT molecular complexity index is 467. The van der Waals surface area contributed by atoms with Crippen LogP contribution in [-0.4, -0.2) is 15.4 Å². The quantitative estimate of drug-likeness (QED) is 0.402. The van der Waals surface area contributed by atoms with Gasteiger partial charge in [0.15, 0.2) is 0 Å². The molecule has 1 aromatic carbocycles. The molecule has 0 amide bonds. The molecule has 23 heavy (non-hydrogen) atoms. The summed E-state index contributed by atoms with van der Waals surface area (Å²) in [5.74, 6) is 0.792. The lowest BCUT2D eigenvalue weighted by Crippen LogP contribution is -2.47. The molecule has 0 aromatic heterocycles. The van der Waals surface area contributed by atoms with Gasteiger partial charge in [0.05, 0.1) is 19.5 Å². The molecular formula is C20H34O2Si. The highest BCUT2D eigenvalue weighted by Crippen LogP contribution is 2.42. The first kappa shape index (κ1) is 20.0. The largest absolute Gasteiger partial charge is 0.501 e. The summed E-state index contributed by atoms with van der Waals surface area (Å²) < 4.78 is 11.8. The van der Waals surface area contributed by atoms with E-state index in [0.29, 0.717) is 23.2 Å². The SMILES string of the molecule is C=C(Cc1ccc(CO[Si](C(C)C)(C(C)C)C(C)C)cc1)OC. The molecular weight excluding hydrogens is 300 g/mol. The number of rotatable bonds is 9. The van der Waals surface area contributed by atoms with Crippen molar-refractivity contribution in [1.29, 1.82) is 0 Å². The predicted octanol–water partition coefficient (Wildman–Crippen LogP) is 6.08. The van der Waals surface area contributed by atoms with Crippen LogP contribution in [0.4, 0.5) is 0 Å². The highest BCUT2D eigenvalue weighted by Gasteiger charge is 2.44. The van der Waals surface area contributed by atoms with Crippen molar-refractivity contribution < 1.29 is 9.16 Å². The van der Waals surface area contributed by atoms with Gasteiger partial charge in [0.25, 0.3) is 0 Å². The van der Waals surface area contributed by atoms with Crippen molar-refractivity contribution in [2.45, 2.75) is 71.2 Å². The van der Waals surface area contributed by atoms with Gasteiger partial charge in [0.1, 0.15) is 0 Å². The lowest BCUT2D eigenvalue weighted by atomic mass is 10.1. The van der Waals surface area contributed by atoms with Crippen molar-refractivity contribution in [1.82, 2.24) is 0 Å². The Labute approximate surface area is 144 Å². The highest BCUT2D eigenvalue weighted by molar-refractivity contribution is 6.77. The third kappa shape index (κ3) is 4.95. The Hall–Kier alpha value is -1.06. The molecule has 130 valence electrons. The van der Waals surface area contributed by atoms with E-state index in [1.54, 1.807) is 7.11 Å². The first-order chi connectivity index (χ1) is 10.7. The fourth-order valence-electron chi connectivity index (χ4n) is 3.76. The monoisotopic (exact) mass is 334 g/mol. The average Bonchev–Trinajstić information content (AvgIpc) is 2.48. The molecule has 0 aliphatic carbocycles. The van der Waals surface area contributed by atoms with E-state index < -0.39 is 8.32 Å². The molecule has 0 N–H and O–H groups in total. The Morgan fingerprint density at radius 3 is 1.74 bits per heavy atom. The molecule has 0 radical (unpaired) electrons. The molecule has 0 spiro atoms. The van der Waals surface area contributed by atoms with Crippen LogP contribution in [0.1, 0.15) is 52.7 Å². The lowest BCUT2D eigenvalue weighted by Gasteiger charge is -2.42. The molecule has 0 aliphatic heterocycles. The third-order valence-electron chi connectivity index (χ3n) is 4.91. The van der Waals surface area contributed by atoms with Gasteiger partial charge in [-0.15, -0.1) is 0 Å². The number of hydrogen-bond donors (Lipinski definition) is 0. The summed E-state index contributed by atoms with van der Waals surface area (Å²) in [5, 5.41) is 0. The minimum Gasteiger partial charge on any atom is -0.501 e. The molecule has 0 heterocycles. The second-order valence-corrected chi connectivity index (χ2v) is 12.8. The summed E-state index contributed by atoms with van der Waals surface area (Å²) in [4.78, 5) is 0. The molecule has 1 rings (SSSR count). The van der Waals surface area contributed by atoms with Crippen LogP contribution < -0.4 is 0 Å². The maximum absolute atomic E-state index is 6.64. The van der Waals surface area contributed by atoms with Crippen molar-refractivity contribution in [2.24, 2.45) is 0 Å². The van der Waals surface area contributed by atoms with Crippen LogP contribution >= 0.6 is 0 Å². The molecule has 1 aromatic rings. The van der Waals surface area contributed by atoms with Gasteiger partial charge in [-0.1, -0.05) is 72.4 Å². The zero-order valence-corrected chi connectivity index (χ0v) is 17.0. The standard InChI is InChI=1S/C20H34O2Si/c1-15(2)23(16(3)4,17(5)6)22-14-20-11-9-19(10-12-20)13-18(7)21-8/h9-12,15-17H,7,13-14H2,1-6,8H3. The van der Waals surface area contributed by atoms with Gasteiger partial charge in [-0.05, 0) is 27.8 Å². The summed E-state index contributed by atoms with van der Waals surface area (Å²) >= 11 is 0. The summed E-state index contributed by atoms with van der Waals surface area (Å²) in [6.07, 6.45) is 0.764. The Morgan fingerprint density at radius 1 is 0.913 bits per heavy atom. The zero-order valence-electron chi connectivity index (χ0n) is 16.0. The molecule has 0 saturated carbocycles. The Kier molecular flexibility index (Phi) is 7.55. The molecule has 0 atom stereocenters. The van der Waals surface area contributed by atoms with Crippen molar-refractivity contribution in [3.8, 4) is 0 Å². The minimum atomic E-state index is -1.79. The maximum atomic E-state index is 6.64. The number of benzene rings is 1. The van der Waals surface area contributed by atoms with E-state index in [0.717, 1.165) is 12.2 Å². The second kappa shape index (κ2) is 8.70. The highest BCUT2D eigenvalue weighted by atomic mass is 28.4. The molecule has 0 unspecified atom stereocenters. The summed E-state index contributed by atoms with van der Waals surface area (Å²) in [7, 11) is -0.125. The summed E-state index contributed by atoms with van der Waals surface area (Å²) in [6, 6.07) is 8.62. The van der Waals surface area contributed by atoms with Crippen LogP contribution in [0.5, 0.6) is 0 Å². The number of allylic oxidation sites excluding steroid dienone is 1. The van der Waals surface area contributed by atoms with Crippen LogP contribution in [0.25, 0.3) is 0 Å². The van der Waals surface area contributed by atoms with Gasteiger partial charge in [0.2, 0.25) is 8.32 Å². The number of methoxy groups -OCH3 is 1. The first-order valence-corrected chi connectivity index (χ1v) is 10.8. The predicted molar refractivity (Wildman–Crippen MR) is 102 cm³/mol. The summed E-state index contributed by atoms with van der Waals surface area (Å²) in [6.45, 7) is 18.5. The van der Waals surface area contributed by atoms with E-state index in [9.17, 15) is 0 Å². The lowest BCUT2D eigenvalue weighted by molar-refractivity contribution is 0.266. The van der Waals surface area contributed by atoms with Gasteiger partial charge < -0.3 is 9.16 Å². The van der Waals surface area contributed by atoms with Crippen LogP contribution in [0.15, 0.2) is 36.6 Å². The van der Waals surface area contributed by atoms with E-state index in [4.69, 9.17) is 9.16 Å². The normalized spacial score (nSPS) is 12.3. The average molecular weight is 335 g/mol. The van der Waals surface area contributed by atoms with Crippen LogP contribution in [0.3, 0.4) is 0 Å². The fraction of sp³-hybridized carbons (Fsp3) is 0.600. The number of hydrogen-bond acceptors (Lipinski definition) is 2. The third-order valence-corrected chi connectivity index (χ3v) is 11.0. The van der Waals surface area contributed by atoms with Crippen molar-refractivity contribution in [3.63, 3.8) is 0 Å². The van der Waals surface area contributed by atoms with E-state index in [1.807, 2.05) is 0 Å². The van der Waals surface area contributed by atoms with Gasteiger partial charge >= 0.3 is 0 Å². The van der Waals surface area contributed by atoms with Crippen molar-refractivity contribution in [3.05, 3.63) is 47.7 Å². The topological polar surface area (TPSA) is 18.5 Å². The van der Waals surface area contributed by atoms with Gasteiger partial charge in [-0.25, -0.2) is 0 Å². The smallest absolute Gasteiger partial charge is 0.200 e. The maximum Gasteiger partial charge on any atom is 0.200 e. The molecule has 0 bridgehead atoms. The van der Waals surface area contributed by atoms with Gasteiger partial charge in [-0.2, -0.15) is 0 Å². The minimum absolute atomic E-state index is 0.617. The van der Waals surface area contributed by atoms with Crippen molar-refractivity contribution in [2.75, 3.05) is 7.11 Å². The van der Waals surface area contributed by atoms with Crippen molar-refractivity contribution >= 4 is 8.32 Å². The van der Waals surface area contributed by atoms with E-state index in [2.05, 4.69) is 72.4 Å². The fourth-order valence-corrected chi connectivity index (χ4v) is 9.18. The van der Waals surface area contributed by atoms with E-state index in [-0.39, 0.29) is 0 Å². The van der Waals surface area contributed by atoms with Crippen LogP contribution in [-0.2, 0) is 22.2 Å².